The van der Waals surface area contributed by atoms with Crippen LogP contribution in [0.5, 0.6) is 0 Å². The molecule has 1 amide bonds. The van der Waals surface area contributed by atoms with Gasteiger partial charge in [-0.15, -0.1) is 0 Å². The Labute approximate surface area is 90.5 Å². The van der Waals surface area contributed by atoms with Crippen molar-refractivity contribution >= 4 is 5.91 Å². The molecule has 0 saturated heterocycles. The largest absolute Gasteiger partial charge is 0.353 e. The van der Waals surface area contributed by atoms with E-state index in [0.29, 0.717) is 6.54 Å². The van der Waals surface area contributed by atoms with Gasteiger partial charge in [0.1, 0.15) is 0 Å². The lowest BCUT2D eigenvalue weighted by atomic mass is 10.1. The predicted octanol–water partition coefficient (Wildman–Crippen LogP) is 0.588. The summed E-state index contributed by atoms with van der Waals surface area (Å²) in [5.41, 5.74) is 5.70. The third-order valence-corrected chi connectivity index (χ3v) is 2.36. The molecule has 0 fully saturated rings. The summed E-state index contributed by atoms with van der Waals surface area (Å²) in [7, 11) is 0. The Morgan fingerprint density at radius 2 is 2.00 bits per heavy atom. The Kier molecular flexibility index (Phi) is 4.37. The summed E-state index contributed by atoms with van der Waals surface area (Å²) in [6, 6.07) is 3.51. The maximum Gasteiger partial charge on any atom is 0.237 e. The molecule has 1 unspecified atom stereocenters. The van der Waals surface area contributed by atoms with E-state index in [4.69, 9.17) is 5.73 Å². The topological polar surface area (TPSA) is 60.1 Å². The van der Waals surface area contributed by atoms with E-state index in [1.54, 1.807) is 0 Å². The Bertz CT molecular complexity index is 293. The van der Waals surface area contributed by atoms with Crippen LogP contribution < -0.4 is 11.1 Å². The minimum Gasteiger partial charge on any atom is -0.353 e. The molecule has 4 nitrogen and oxygen atoms in total. The average molecular weight is 209 g/mol. The molecule has 0 saturated carbocycles. The molecular formula is C11H19N3O. The monoisotopic (exact) mass is 209 g/mol. The molecule has 1 rings (SSSR count). The van der Waals surface area contributed by atoms with Gasteiger partial charge in [0.25, 0.3) is 0 Å². The fourth-order valence-electron chi connectivity index (χ4n) is 1.25. The maximum atomic E-state index is 11.5. The van der Waals surface area contributed by atoms with Gasteiger partial charge in [-0.3, -0.25) is 4.79 Å². The van der Waals surface area contributed by atoms with E-state index in [0.717, 1.165) is 6.54 Å². The zero-order valence-electron chi connectivity index (χ0n) is 9.31. The second-order valence-electron chi connectivity index (χ2n) is 3.98. The van der Waals surface area contributed by atoms with Crippen molar-refractivity contribution in [2.45, 2.75) is 26.4 Å². The lowest BCUT2D eigenvalue weighted by Crippen LogP contribution is -2.44. The van der Waals surface area contributed by atoms with E-state index in [2.05, 4.69) is 5.32 Å². The number of aromatic nitrogens is 1. The Balaban J connectivity index is 2.23. The van der Waals surface area contributed by atoms with Gasteiger partial charge in [0.15, 0.2) is 0 Å². The molecule has 0 bridgehead atoms. The number of carbonyl (C=O) groups excluding carboxylic acids is 1. The van der Waals surface area contributed by atoms with Crippen LogP contribution in [0.15, 0.2) is 24.5 Å². The summed E-state index contributed by atoms with van der Waals surface area (Å²) in [4.78, 5) is 11.5. The minimum atomic E-state index is -0.408. The first-order chi connectivity index (χ1) is 7.11. The normalized spacial score (nSPS) is 12.8. The minimum absolute atomic E-state index is 0.0721. The van der Waals surface area contributed by atoms with E-state index >= 15 is 0 Å². The molecule has 0 aromatic carbocycles. The molecule has 1 heterocycles. The predicted molar refractivity (Wildman–Crippen MR) is 60.3 cm³/mol. The summed E-state index contributed by atoms with van der Waals surface area (Å²) in [6.45, 7) is 5.28. The van der Waals surface area contributed by atoms with Crippen LogP contribution in [-0.4, -0.2) is 23.1 Å². The molecule has 0 aliphatic heterocycles. The van der Waals surface area contributed by atoms with Crippen LogP contribution >= 0.6 is 0 Å². The lowest BCUT2D eigenvalue weighted by Gasteiger charge is -2.15. The average Bonchev–Trinajstić information content (AvgIpc) is 2.69. The lowest BCUT2D eigenvalue weighted by molar-refractivity contribution is -0.123. The van der Waals surface area contributed by atoms with Gasteiger partial charge in [0, 0.05) is 25.5 Å². The van der Waals surface area contributed by atoms with Crippen LogP contribution in [0.4, 0.5) is 0 Å². The quantitative estimate of drug-likeness (QED) is 0.745. The molecule has 1 aromatic rings. The summed E-state index contributed by atoms with van der Waals surface area (Å²) in [5.74, 6) is 0.105. The van der Waals surface area contributed by atoms with Crippen molar-refractivity contribution in [3.05, 3.63) is 24.5 Å². The van der Waals surface area contributed by atoms with Crippen LogP contribution in [0.2, 0.25) is 0 Å². The molecule has 0 radical (unpaired) electrons. The zero-order valence-corrected chi connectivity index (χ0v) is 9.31. The van der Waals surface area contributed by atoms with Gasteiger partial charge in [-0.05, 0) is 18.1 Å². The number of nitrogens with one attached hydrogen (secondary N) is 1. The second kappa shape index (κ2) is 5.56. The number of hydrogen-bond donors (Lipinski definition) is 2. The van der Waals surface area contributed by atoms with E-state index in [1.165, 1.54) is 0 Å². The van der Waals surface area contributed by atoms with E-state index < -0.39 is 6.04 Å². The van der Waals surface area contributed by atoms with E-state index in [-0.39, 0.29) is 11.8 Å². The standard InChI is InChI=1S/C11H19N3O/c1-9(2)10(12)11(15)13-5-8-14-6-3-4-7-14/h3-4,6-7,9-10H,5,8,12H2,1-2H3,(H,13,15). The smallest absolute Gasteiger partial charge is 0.237 e. The van der Waals surface area contributed by atoms with Crippen molar-refractivity contribution in [1.29, 1.82) is 0 Å². The molecule has 0 aliphatic carbocycles. The summed E-state index contributed by atoms with van der Waals surface area (Å²) >= 11 is 0. The van der Waals surface area contributed by atoms with Gasteiger partial charge in [0.05, 0.1) is 6.04 Å². The number of carbonyl (C=O) groups is 1. The van der Waals surface area contributed by atoms with Gasteiger partial charge in [0.2, 0.25) is 5.91 Å². The van der Waals surface area contributed by atoms with Crippen molar-refractivity contribution in [3.8, 4) is 0 Å². The zero-order chi connectivity index (χ0) is 11.3. The van der Waals surface area contributed by atoms with Gasteiger partial charge in [-0.2, -0.15) is 0 Å². The van der Waals surface area contributed by atoms with E-state index in [1.807, 2.05) is 42.9 Å². The highest BCUT2D eigenvalue weighted by atomic mass is 16.2. The van der Waals surface area contributed by atoms with Crippen molar-refractivity contribution in [2.24, 2.45) is 11.7 Å². The van der Waals surface area contributed by atoms with Gasteiger partial charge in [-0.1, -0.05) is 13.8 Å². The van der Waals surface area contributed by atoms with Crippen molar-refractivity contribution in [2.75, 3.05) is 6.54 Å². The van der Waals surface area contributed by atoms with Crippen LogP contribution in [0.25, 0.3) is 0 Å². The fraction of sp³-hybridized carbons (Fsp3) is 0.545. The number of amides is 1. The Morgan fingerprint density at radius 1 is 1.40 bits per heavy atom. The van der Waals surface area contributed by atoms with Crippen molar-refractivity contribution in [3.63, 3.8) is 0 Å². The first kappa shape index (κ1) is 11.8. The number of nitrogens with zero attached hydrogens (tertiary/aromatic N) is 1. The SMILES string of the molecule is CC(C)C(N)C(=O)NCCn1cccc1. The highest BCUT2D eigenvalue weighted by Crippen LogP contribution is 1.97. The first-order valence-electron chi connectivity index (χ1n) is 5.25. The molecule has 1 atom stereocenters. The fourth-order valence-corrected chi connectivity index (χ4v) is 1.25. The van der Waals surface area contributed by atoms with Gasteiger partial charge in [-0.25, -0.2) is 0 Å². The highest BCUT2D eigenvalue weighted by molar-refractivity contribution is 5.81. The van der Waals surface area contributed by atoms with E-state index in [9.17, 15) is 4.79 Å². The number of rotatable bonds is 5. The Hall–Kier alpha value is -1.29. The molecule has 15 heavy (non-hydrogen) atoms. The summed E-state index contributed by atoms with van der Waals surface area (Å²) in [6.07, 6.45) is 3.93. The molecule has 0 aliphatic rings. The second-order valence-corrected chi connectivity index (χ2v) is 3.98. The van der Waals surface area contributed by atoms with Crippen LogP contribution in [-0.2, 0) is 11.3 Å². The molecule has 1 aromatic heterocycles. The van der Waals surface area contributed by atoms with Crippen LogP contribution in [0.3, 0.4) is 0 Å². The third-order valence-electron chi connectivity index (χ3n) is 2.36. The van der Waals surface area contributed by atoms with Crippen molar-refractivity contribution in [1.82, 2.24) is 9.88 Å². The molecule has 4 heteroatoms. The van der Waals surface area contributed by atoms with Crippen molar-refractivity contribution < 1.29 is 4.79 Å². The van der Waals surface area contributed by atoms with Gasteiger partial charge >= 0.3 is 0 Å². The molecule has 3 N–H and O–H groups in total. The van der Waals surface area contributed by atoms with Crippen LogP contribution in [0, 0.1) is 5.92 Å². The molecular weight excluding hydrogens is 190 g/mol. The highest BCUT2D eigenvalue weighted by Gasteiger charge is 2.15. The van der Waals surface area contributed by atoms with Crippen LogP contribution in [0.1, 0.15) is 13.8 Å². The Morgan fingerprint density at radius 3 is 2.53 bits per heavy atom. The number of nitrogens with two attached hydrogens (primary N) is 1. The summed E-state index contributed by atoms with van der Waals surface area (Å²) < 4.78 is 2.02. The van der Waals surface area contributed by atoms with Gasteiger partial charge < -0.3 is 15.6 Å². The molecule has 84 valence electrons. The summed E-state index contributed by atoms with van der Waals surface area (Å²) in [5, 5.41) is 2.82. The third kappa shape index (κ3) is 3.75. The molecule has 0 spiro atoms. The maximum absolute atomic E-state index is 11.5. The first-order valence-corrected chi connectivity index (χ1v) is 5.25. The number of hydrogen-bond acceptors (Lipinski definition) is 2.